The van der Waals surface area contributed by atoms with Crippen molar-refractivity contribution in [2.45, 2.75) is 25.4 Å². The predicted molar refractivity (Wildman–Crippen MR) is 101 cm³/mol. The molecule has 3 aromatic heterocycles. The molecule has 0 aliphatic heterocycles. The van der Waals surface area contributed by atoms with E-state index in [9.17, 15) is 14.7 Å². The Labute approximate surface area is 154 Å². The first-order valence-electron chi connectivity index (χ1n) is 8.35. The third kappa shape index (κ3) is 3.88. The second-order valence-electron chi connectivity index (χ2n) is 5.95. The Morgan fingerprint density at radius 3 is 3.04 bits per heavy atom. The van der Waals surface area contributed by atoms with Gasteiger partial charge in [0.25, 0.3) is 5.56 Å². The van der Waals surface area contributed by atoms with Crippen molar-refractivity contribution in [2.75, 3.05) is 18.6 Å². The molecule has 0 spiro atoms. The number of amides is 1. The van der Waals surface area contributed by atoms with E-state index < -0.39 is 0 Å². The first-order valence-corrected chi connectivity index (χ1v) is 9.74. The minimum atomic E-state index is -0.249. The van der Waals surface area contributed by atoms with Gasteiger partial charge in [0.15, 0.2) is 5.65 Å². The van der Waals surface area contributed by atoms with E-state index in [0.29, 0.717) is 23.0 Å². The highest BCUT2D eigenvalue weighted by Gasteiger charge is 2.12. The quantitative estimate of drug-likeness (QED) is 0.600. The summed E-state index contributed by atoms with van der Waals surface area (Å²) in [6.07, 6.45) is 7.69. The average Bonchev–Trinajstić information content (AvgIpc) is 3.13. The van der Waals surface area contributed by atoms with Crippen LogP contribution >= 0.6 is 11.8 Å². The smallest absolute Gasteiger partial charge is 0.261 e. The highest BCUT2D eigenvalue weighted by atomic mass is 32.2. The van der Waals surface area contributed by atoms with E-state index in [4.69, 9.17) is 0 Å². The predicted octanol–water partition coefficient (Wildman–Crippen LogP) is 0.664. The first-order chi connectivity index (χ1) is 12.6. The van der Waals surface area contributed by atoms with E-state index in [2.05, 4.69) is 15.4 Å². The van der Waals surface area contributed by atoms with E-state index in [1.54, 1.807) is 40.8 Å². The number of aliphatic hydroxyl groups is 1. The van der Waals surface area contributed by atoms with E-state index in [1.807, 2.05) is 6.26 Å². The minimum Gasteiger partial charge on any atom is -0.394 e. The Morgan fingerprint density at radius 2 is 2.27 bits per heavy atom. The summed E-state index contributed by atoms with van der Waals surface area (Å²) in [6, 6.07) is 3.32. The molecule has 1 atom stereocenters. The highest BCUT2D eigenvalue weighted by molar-refractivity contribution is 7.98. The lowest BCUT2D eigenvalue weighted by Crippen LogP contribution is -2.38. The van der Waals surface area contributed by atoms with Gasteiger partial charge in [-0.3, -0.25) is 9.59 Å². The van der Waals surface area contributed by atoms with Gasteiger partial charge < -0.3 is 15.0 Å². The van der Waals surface area contributed by atoms with Crippen molar-refractivity contribution in [1.29, 1.82) is 0 Å². The van der Waals surface area contributed by atoms with Crippen LogP contribution in [-0.2, 0) is 11.3 Å². The van der Waals surface area contributed by atoms with Gasteiger partial charge in [-0.25, -0.2) is 9.50 Å². The normalized spacial score (nSPS) is 12.5. The highest BCUT2D eigenvalue weighted by Crippen LogP contribution is 2.10. The fourth-order valence-electron chi connectivity index (χ4n) is 2.77. The summed E-state index contributed by atoms with van der Waals surface area (Å²) in [7, 11) is 0. The number of carbonyl (C=O) groups excluding carboxylic acids is 1. The van der Waals surface area contributed by atoms with E-state index >= 15 is 0 Å². The van der Waals surface area contributed by atoms with Crippen LogP contribution in [0.2, 0.25) is 0 Å². The number of nitrogens with one attached hydrogen (secondary N) is 1. The number of thioether (sulfide) groups is 1. The molecule has 3 rings (SSSR count). The molecule has 0 aliphatic rings. The number of aromatic nitrogens is 4. The topological polar surface area (TPSA) is 102 Å². The number of nitrogens with zero attached hydrogens (tertiary/aromatic N) is 4. The van der Waals surface area contributed by atoms with Gasteiger partial charge >= 0.3 is 0 Å². The number of hydrogen-bond acceptors (Lipinski definition) is 6. The maximum atomic E-state index is 12.6. The zero-order valence-corrected chi connectivity index (χ0v) is 15.3. The average molecular weight is 375 g/mol. The number of aliphatic hydroxyl groups excluding tert-OH is 1. The van der Waals surface area contributed by atoms with Crippen LogP contribution in [-0.4, -0.2) is 54.8 Å². The van der Waals surface area contributed by atoms with Gasteiger partial charge in [0.05, 0.1) is 29.7 Å². The third-order valence-electron chi connectivity index (χ3n) is 4.19. The molecule has 8 nitrogen and oxygen atoms in total. The van der Waals surface area contributed by atoms with Crippen LogP contribution < -0.4 is 10.9 Å². The largest absolute Gasteiger partial charge is 0.394 e. The lowest BCUT2D eigenvalue weighted by Gasteiger charge is -2.16. The van der Waals surface area contributed by atoms with Crippen molar-refractivity contribution in [3.05, 3.63) is 41.1 Å². The summed E-state index contributed by atoms with van der Waals surface area (Å²) in [4.78, 5) is 29.0. The number of fused-ring (bicyclic) bond motifs is 3. The van der Waals surface area contributed by atoms with Gasteiger partial charge in [0.1, 0.15) is 0 Å². The van der Waals surface area contributed by atoms with Crippen LogP contribution in [0.5, 0.6) is 0 Å². The Balaban J connectivity index is 1.71. The minimum absolute atomic E-state index is 0.0895. The van der Waals surface area contributed by atoms with Crippen LogP contribution in [0.25, 0.3) is 16.6 Å². The monoisotopic (exact) mass is 375 g/mol. The van der Waals surface area contributed by atoms with E-state index in [-0.39, 0.29) is 37.1 Å². The fraction of sp³-hybridized carbons (Fsp3) is 0.412. The van der Waals surface area contributed by atoms with E-state index in [1.165, 1.54) is 10.8 Å². The summed E-state index contributed by atoms with van der Waals surface area (Å²) in [5.41, 5.74) is 1.15. The molecule has 2 N–H and O–H groups in total. The molecule has 3 heterocycles. The standard InChI is InChI=1S/C17H21N5O3S/c1-26-9-5-12(11-23)20-16(24)4-8-21-7-3-14-13(17(21)25)10-18-15-2-6-19-22(14)15/h2-3,6-7,10,12,23H,4-5,8-9,11H2,1H3,(H,20,24). The Hall–Kier alpha value is -2.39. The molecule has 0 bridgehead atoms. The van der Waals surface area contributed by atoms with Crippen LogP contribution in [0.1, 0.15) is 12.8 Å². The van der Waals surface area contributed by atoms with Crippen LogP contribution in [0.3, 0.4) is 0 Å². The molecule has 0 saturated carbocycles. The second kappa shape index (κ2) is 8.33. The molecule has 0 fully saturated rings. The van der Waals surface area contributed by atoms with Gasteiger partial charge in [0.2, 0.25) is 5.91 Å². The molecule has 1 unspecified atom stereocenters. The molecule has 0 saturated heterocycles. The molecule has 9 heteroatoms. The molecule has 1 amide bonds. The first kappa shape index (κ1) is 18.4. The van der Waals surface area contributed by atoms with Crippen molar-refractivity contribution in [3.8, 4) is 0 Å². The third-order valence-corrected chi connectivity index (χ3v) is 4.84. The van der Waals surface area contributed by atoms with Gasteiger partial charge in [-0.2, -0.15) is 16.9 Å². The molecule has 0 radical (unpaired) electrons. The Bertz CT molecular complexity index is 968. The molecule has 0 aromatic carbocycles. The number of hydrogen-bond donors (Lipinski definition) is 2. The van der Waals surface area contributed by atoms with Crippen molar-refractivity contribution in [3.63, 3.8) is 0 Å². The molecule has 138 valence electrons. The number of rotatable bonds is 8. The molecule has 0 aliphatic carbocycles. The maximum absolute atomic E-state index is 12.6. The van der Waals surface area contributed by atoms with Crippen LogP contribution in [0, 0.1) is 0 Å². The van der Waals surface area contributed by atoms with Gasteiger partial charge in [-0.05, 0) is 24.5 Å². The summed E-state index contributed by atoms with van der Waals surface area (Å²) in [6.45, 7) is 0.173. The van der Waals surface area contributed by atoms with Gasteiger partial charge in [-0.15, -0.1) is 0 Å². The van der Waals surface area contributed by atoms with Crippen molar-refractivity contribution < 1.29 is 9.90 Å². The summed E-state index contributed by atoms with van der Waals surface area (Å²) in [5, 5.41) is 16.8. The van der Waals surface area contributed by atoms with Gasteiger partial charge in [0, 0.05) is 31.4 Å². The summed E-state index contributed by atoms with van der Waals surface area (Å²) < 4.78 is 3.11. The zero-order chi connectivity index (χ0) is 18.5. The second-order valence-corrected chi connectivity index (χ2v) is 6.94. The van der Waals surface area contributed by atoms with Crippen LogP contribution in [0.15, 0.2) is 35.5 Å². The van der Waals surface area contributed by atoms with Crippen molar-refractivity contribution in [2.24, 2.45) is 0 Å². The summed E-state index contributed by atoms with van der Waals surface area (Å²) >= 11 is 1.67. The SMILES string of the molecule is CSCCC(CO)NC(=O)CCn1ccc2c(cnc3ccnn32)c1=O. The Morgan fingerprint density at radius 1 is 1.42 bits per heavy atom. The summed E-state index contributed by atoms with van der Waals surface area (Å²) in [5.74, 6) is 0.683. The number of carbonyl (C=O) groups is 1. The number of aryl methyl sites for hydroxylation is 1. The lowest BCUT2D eigenvalue weighted by atomic mass is 10.2. The lowest BCUT2D eigenvalue weighted by molar-refractivity contribution is -0.122. The molecule has 3 aromatic rings. The van der Waals surface area contributed by atoms with Crippen molar-refractivity contribution in [1.82, 2.24) is 24.5 Å². The zero-order valence-electron chi connectivity index (χ0n) is 14.5. The molecular weight excluding hydrogens is 354 g/mol. The fourth-order valence-corrected chi connectivity index (χ4v) is 3.29. The molecular formula is C17H21N5O3S. The maximum Gasteiger partial charge on any atom is 0.261 e. The van der Waals surface area contributed by atoms with Crippen LogP contribution in [0.4, 0.5) is 0 Å². The van der Waals surface area contributed by atoms with E-state index in [0.717, 1.165) is 5.75 Å². The molecule has 26 heavy (non-hydrogen) atoms. The van der Waals surface area contributed by atoms with Crippen molar-refractivity contribution >= 4 is 34.2 Å². The Kier molecular flexibility index (Phi) is 5.89. The number of pyridine rings is 1. The van der Waals surface area contributed by atoms with Gasteiger partial charge in [-0.1, -0.05) is 0 Å².